The molecule has 2 aromatic rings. The summed E-state index contributed by atoms with van der Waals surface area (Å²) >= 11 is 3.26. The molecule has 0 aromatic heterocycles. The van der Waals surface area contributed by atoms with E-state index in [2.05, 4.69) is 21.4 Å². The smallest absolute Gasteiger partial charge is 0.267 e. The zero-order valence-electron chi connectivity index (χ0n) is 14.2. The van der Waals surface area contributed by atoms with Crippen LogP contribution in [-0.2, 0) is 10.0 Å². The van der Waals surface area contributed by atoms with Gasteiger partial charge in [-0.1, -0.05) is 18.2 Å². The second kappa shape index (κ2) is 8.39. The number of nitrogens with one attached hydrogen (secondary N) is 2. The summed E-state index contributed by atoms with van der Waals surface area (Å²) in [5.74, 6) is 0.0745. The van der Waals surface area contributed by atoms with Gasteiger partial charge >= 0.3 is 0 Å². The SMILES string of the molecule is COc1cc(C(=O)NNS(=O)(=O)c2ccccc2)c(Br)c(OC)c1OC. The van der Waals surface area contributed by atoms with Gasteiger partial charge in [0.1, 0.15) is 0 Å². The average Bonchev–Trinajstić information content (AvgIpc) is 2.66. The molecule has 1 amide bonds. The number of rotatable bonds is 7. The van der Waals surface area contributed by atoms with Crippen molar-refractivity contribution in [3.63, 3.8) is 0 Å². The first-order chi connectivity index (χ1) is 12.4. The minimum atomic E-state index is -3.90. The Morgan fingerprint density at radius 1 is 1.00 bits per heavy atom. The summed E-state index contributed by atoms with van der Waals surface area (Å²) < 4.78 is 40.3. The summed E-state index contributed by atoms with van der Waals surface area (Å²) in [6.07, 6.45) is 0. The van der Waals surface area contributed by atoms with Gasteiger partial charge in [-0.05, 0) is 34.1 Å². The van der Waals surface area contributed by atoms with Crippen LogP contribution in [0, 0.1) is 0 Å². The lowest BCUT2D eigenvalue weighted by Crippen LogP contribution is -2.41. The first kappa shape index (κ1) is 20.0. The van der Waals surface area contributed by atoms with Crippen LogP contribution in [0.25, 0.3) is 0 Å². The molecule has 0 unspecified atom stereocenters. The van der Waals surface area contributed by atoms with Crippen molar-refractivity contribution in [2.75, 3.05) is 21.3 Å². The molecular formula is C16H17BrN2O6S. The second-order valence-corrected chi connectivity index (χ2v) is 7.35. The van der Waals surface area contributed by atoms with E-state index in [1.807, 2.05) is 4.83 Å². The van der Waals surface area contributed by atoms with E-state index in [1.165, 1.54) is 39.5 Å². The first-order valence-electron chi connectivity index (χ1n) is 7.21. The number of benzene rings is 2. The molecule has 2 rings (SSSR count). The van der Waals surface area contributed by atoms with E-state index in [4.69, 9.17) is 14.2 Å². The Morgan fingerprint density at radius 2 is 1.62 bits per heavy atom. The molecule has 0 bridgehead atoms. The van der Waals surface area contributed by atoms with E-state index in [1.54, 1.807) is 18.2 Å². The lowest BCUT2D eigenvalue weighted by Gasteiger charge is -2.16. The van der Waals surface area contributed by atoms with E-state index >= 15 is 0 Å². The molecule has 0 atom stereocenters. The Hall–Kier alpha value is -2.30. The van der Waals surface area contributed by atoms with Crippen LogP contribution in [0.4, 0.5) is 0 Å². The molecule has 0 fully saturated rings. The highest BCUT2D eigenvalue weighted by molar-refractivity contribution is 9.10. The fourth-order valence-electron chi connectivity index (χ4n) is 2.13. The van der Waals surface area contributed by atoms with Crippen molar-refractivity contribution in [1.82, 2.24) is 10.3 Å². The third-order valence-electron chi connectivity index (χ3n) is 3.37. The Balaban J connectivity index is 2.30. The maximum absolute atomic E-state index is 12.5. The van der Waals surface area contributed by atoms with Crippen LogP contribution in [0.15, 0.2) is 45.8 Å². The van der Waals surface area contributed by atoms with Crippen molar-refractivity contribution in [2.24, 2.45) is 0 Å². The van der Waals surface area contributed by atoms with Gasteiger partial charge in [-0.3, -0.25) is 10.2 Å². The maximum atomic E-state index is 12.5. The van der Waals surface area contributed by atoms with E-state index < -0.39 is 15.9 Å². The minimum absolute atomic E-state index is 0.0178. The molecule has 0 saturated carbocycles. The van der Waals surface area contributed by atoms with Crippen molar-refractivity contribution in [3.8, 4) is 17.2 Å². The van der Waals surface area contributed by atoms with Crippen molar-refractivity contribution in [1.29, 1.82) is 0 Å². The van der Waals surface area contributed by atoms with Crippen molar-refractivity contribution >= 4 is 31.9 Å². The molecule has 0 aliphatic heterocycles. The summed E-state index contributed by atoms with van der Waals surface area (Å²) in [6, 6.07) is 9.05. The van der Waals surface area contributed by atoms with Crippen LogP contribution in [0.2, 0.25) is 0 Å². The van der Waals surface area contributed by atoms with Gasteiger partial charge in [0.2, 0.25) is 5.75 Å². The summed E-state index contributed by atoms with van der Waals surface area (Å²) in [6.45, 7) is 0. The lowest BCUT2D eigenvalue weighted by molar-refractivity contribution is 0.0943. The normalized spacial score (nSPS) is 10.9. The van der Waals surface area contributed by atoms with E-state index in [9.17, 15) is 13.2 Å². The van der Waals surface area contributed by atoms with E-state index in [-0.39, 0.29) is 26.4 Å². The van der Waals surface area contributed by atoms with Gasteiger partial charge in [0.05, 0.1) is 36.3 Å². The van der Waals surface area contributed by atoms with Gasteiger partial charge in [-0.15, -0.1) is 4.83 Å². The third-order valence-corrected chi connectivity index (χ3v) is 5.42. The summed E-state index contributed by atoms with van der Waals surface area (Å²) in [4.78, 5) is 14.5. The van der Waals surface area contributed by atoms with Gasteiger partial charge in [0.15, 0.2) is 11.5 Å². The number of halogens is 1. The van der Waals surface area contributed by atoms with Crippen LogP contribution >= 0.6 is 15.9 Å². The van der Waals surface area contributed by atoms with Gasteiger partial charge in [-0.2, -0.15) is 0 Å². The third kappa shape index (κ3) is 4.09. The molecule has 0 aliphatic carbocycles. The molecule has 8 nitrogen and oxygen atoms in total. The molecule has 2 aromatic carbocycles. The van der Waals surface area contributed by atoms with Crippen LogP contribution in [-0.4, -0.2) is 35.7 Å². The van der Waals surface area contributed by atoms with Crippen LogP contribution < -0.4 is 24.5 Å². The first-order valence-corrected chi connectivity index (χ1v) is 9.49. The largest absolute Gasteiger partial charge is 0.493 e. The number of methoxy groups -OCH3 is 3. The number of hydrazine groups is 1. The highest BCUT2D eigenvalue weighted by atomic mass is 79.9. The highest BCUT2D eigenvalue weighted by Crippen LogP contribution is 2.44. The van der Waals surface area contributed by atoms with E-state index in [0.29, 0.717) is 5.75 Å². The van der Waals surface area contributed by atoms with Gasteiger partial charge < -0.3 is 14.2 Å². The van der Waals surface area contributed by atoms with E-state index in [0.717, 1.165) is 0 Å². The fourth-order valence-corrected chi connectivity index (χ4v) is 3.62. The molecule has 0 aliphatic rings. The summed E-state index contributed by atoms with van der Waals surface area (Å²) in [5, 5.41) is 0. The Morgan fingerprint density at radius 3 is 2.15 bits per heavy atom. The number of carbonyl (C=O) groups excluding carboxylic acids is 1. The lowest BCUT2D eigenvalue weighted by atomic mass is 10.1. The van der Waals surface area contributed by atoms with Crippen molar-refractivity contribution in [2.45, 2.75) is 4.90 Å². The van der Waals surface area contributed by atoms with Gasteiger partial charge in [0, 0.05) is 0 Å². The van der Waals surface area contributed by atoms with Gasteiger partial charge in [-0.25, -0.2) is 8.42 Å². The molecule has 0 spiro atoms. The number of amides is 1. The molecule has 0 radical (unpaired) electrons. The summed E-state index contributed by atoms with van der Waals surface area (Å²) in [5.41, 5.74) is 2.25. The van der Waals surface area contributed by atoms with Crippen LogP contribution in [0.3, 0.4) is 0 Å². The molecule has 0 saturated heterocycles. The number of hydrogen-bond donors (Lipinski definition) is 2. The quantitative estimate of drug-likeness (QED) is 0.633. The Kier molecular flexibility index (Phi) is 6.46. The molecule has 26 heavy (non-hydrogen) atoms. The molecular weight excluding hydrogens is 428 g/mol. The molecule has 0 heterocycles. The number of hydrogen-bond acceptors (Lipinski definition) is 6. The monoisotopic (exact) mass is 444 g/mol. The minimum Gasteiger partial charge on any atom is -0.493 e. The van der Waals surface area contributed by atoms with Crippen LogP contribution in [0.5, 0.6) is 17.2 Å². The molecule has 2 N–H and O–H groups in total. The zero-order chi connectivity index (χ0) is 19.3. The average molecular weight is 445 g/mol. The topological polar surface area (TPSA) is 103 Å². The number of ether oxygens (including phenoxy) is 3. The summed E-state index contributed by atoms with van der Waals surface area (Å²) in [7, 11) is 0.339. The Labute approximate surface area is 159 Å². The predicted molar refractivity (Wildman–Crippen MR) is 98.0 cm³/mol. The van der Waals surface area contributed by atoms with Crippen molar-refractivity contribution in [3.05, 3.63) is 46.4 Å². The van der Waals surface area contributed by atoms with Crippen molar-refractivity contribution < 1.29 is 27.4 Å². The highest BCUT2D eigenvalue weighted by Gasteiger charge is 2.24. The fraction of sp³-hybridized carbons (Fsp3) is 0.188. The van der Waals surface area contributed by atoms with Gasteiger partial charge in [0.25, 0.3) is 15.9 Å². The predicted octanol–water partition coefficient (Wildman–Crippen LogP) is 2.10. The molecule has 10 heteroatoms. The second-order valence-electron chi connectivity index (χ2n) is 4.88. The Bertz CT molecular complexity index is 903. The standard InChI is InChI=1S/C16H17BrN2O6S/c1-23-12-9-11(13(17)15(25-3)14(12)24-2)16(20)18-19-26(21,22)10-7-5-4-6-8-10/h4-9,19H,1-3H3,(H,18,20). The maximum Gasteiger partial charge on any atom is 0.267 e. The number of carbonyl (C=O) groups is 1. The number of sulfonamides is 1. The van der Waals surface area contributed by atoms with Crippen LogP contribution in [0.1, 0.15) is 10.4 Å². The molecule has 140 valence electrons. The zero-order valence-corrected chi connectivity index (χ0v) is 16.6.